The largest absolute Gasteiger partial charge is 0.330 e. The molecule has 0 aliphatic heterocycles. The molecule has 2 aromatic rings. The molecular formula is C8H11N5. The molecule has 0 fully saturated rings. The second-order valence-corrected chi connectivity index (χ2v) is 2.99. The van der Waals surface area contributed by atoms with Gasteiger partial charge in [0.15, 0.2) is 11.5 Å². The Hall–Kier alpha value is -1.49. The molecule has 0 aliphatic carbocycles. The summed E-state index contributed by atoms with van der Waals surface area (Å²) in [6.07, 6.45) is 1.71. The molecule has 0 spiro atoms. The highest BCUT2D eigenvalue weighted by atomic mass is 15.4. The molecule has 1 atom stereocenters. The molecule has 5 nitrogen and oxygen atoms in total. The van der Waals surface area contributed by atoms with E-state index >= 15 is 0 Å². The summed E-state index contributed by atoms with van der Waals surface area (Å²) in [5, 5.41) is 12.2. The van der Waals surface area contributed by atoms with Crippen molar-refractivity contribution in [2.75, 3.05) is 6.54 Å². The van der Waals surface area contributed by atoms with Gasteiger partial charge in [-0.05, 0) is 12.1 Å². The van der Waals surface area contributed by atoms with Crippen LogP contribution in [0.15, 0.2) is 18.3 Å². The van der Waals surface area contributed by atoms with Crippen LogP contribution < -0.4 is 5.73 Å². The number of nitrogens with two attached hydrogens (primary N) is 1. The molecule has 1 unspecified atom stereocenters. The van der Waals surface area contributed by atoms with E-state index in [0.717, 1.165) is 11.5 Å². The maximum atomic E-state index is 5.55. The van der Waals surface area contributed by atoms with Crippen LogP contribution in [0.3, 0.4) is 0 Å². The fourth-order valence-corrected chi connectivity index (χ4v) is 1.17. The predicted octanol–water partition coefficient (Wildman–Crippen LogP) is 0.186. The summed E-state index contributed by atoms with van der Waals surface area (Å²) < 4.78 is 1.72. The zero-order valence-corrected chi connectivity index (χ0v) is 7.38. The van der Waals surface area contributed by atoms with Crippen LogP contribution in [-0.4, -0.2) is 26.4 Å². The lowest BCUT2D eigenvalue weighted by Gasteiger charge is -2.03. The van der Waals surface area contributed by atoms with Crippen molar-refractivity contribution in [1.82, 2.24) is 19.8 Å². The van der Waals surface area contributed by atoms with Crippen molar-refractivity contribution < 1.29 is 0 Å². The molecule has 0 radical (unpaired) electrons. The van der Waals surface area contributed by atoms with Crippen LogP contribution in [0.4, 0.5) is 0 Å². The van der Waals surface area contributed by atoms with Crippen LogP contribution in [0.1, 0.15) is 18.7 Å². The molecule has 68 valence electrons. The normalized spacial score (nSPS) is 13.4. The fourth-order valence-electron chi connectivity index (χ4n) is 1.17. The van der Waals surface area contributed by atoms with Gasteiger partial charge in [-0.1, -0.05) is 6.92 Å². The maximum Gasteiger partial charge on any atom is 0.177 e. The second-order valence-electron chi connectivity index (χ2n) is 2.99. The summed E-state index contributed by atoms with van der Waals surface area (Å²) in [7, 11) is 0. The van der Waals surface area contributed by atoms with Crippen molar-refractivity contribution in [2.45, 2.75) is 12.8 Å². The molecule has 0 saturated carbocycles. The van der Waals surface area contributed by atoms with Crippen LogP contribution in [0.2, 0.25) is 0 Å². The van der Waals surface area contributed by atoms with E-state index in [-0.39, 0.29) is 5.92 Å². The molecule has 0 aromatic carbocycles. The zero-order chi connectivity index (χ0) is 9.26. The Morgan fingerprint density at radius 1 is 1.54 bits per heavy atom. The SMILES string of the molecule is CC(CN)c1nnc2cccnn12. The summed E-state index contributed by atoms with van der Waals surface area (Å²) in [6.45, 7) is 2.56. The third kappa shape index (κ3) is 1.27. The monoisotopic (exact) mass is 177 g/mol. The van der Waals surface area contributed by atoms with Crippen molar-refractivity contribution in [3.63, 3.8) is 0 Å². The van der Waals surface area contributed by atoms with Crippen molar-refractivity contribution in [2.24, 2.45) is 5.73 Å². The van der Waals surface area contributed by atoms with Gasteiger partial charge in [0.2, 0.25) is 0 Å². The van der Waals surface area contributed by atoms with Gasteiger partial charge in [0.1, 0.15) is 0 Å². The Labute approximate surface area is 75.6 Å². The summed E-state index contributed by atoms with van der Waals surface area (Å²) in [6, 6.07) is 3.70. The fraction of sp³-hybridized carbons (Fsp3) is 0.375. The summed E-state index contributed by atoms with van der Waals surface area (Å²) in [5.41, 5.74) is 6.31. The third-order valence-electron chi connectivity index (χ3n) is 2.00. The van der Waals surface area contributed by atoms with Crippen molar-refractivity contribution in [3.05, 3.63) is 24.2 Å². The number of aromatic nitrogens is 4. The summed E-state index contributed by atoms with van der Waals surface area (Å²) in [5.74, 6) is 1.00. The van der Waals surface area contributed by atoms with E-state index in [1.165, 1.54) is 0 Å². The number of hydrogen-bond donors (Lipinski definition) is 1. The topological polar surface area (TPSA) is 69.1 Å². The highest BCUT2D eigenvalue weighted by Crippen LogP contribution is 2.10. The third-order valence-corrected chi connectivity index (χ3v) is 2.00. The summed E-state index contributed by atoms with van der Waals surface area (Å²) in [4.78, 5) is 0. The van der Waals surface area contributed by atoms with Gasteiger partial charge in [0.25, 0.3) is 0 Å². The molecule has 0 amide bonds. The highest BCUT2D eigenvalue weighted by Gasteiger charge is 2.11. The molecule has 0 bridgehead atoms. The minimum Gasteiger partial charge on any atom is -0.330 e. The lowest BCUT2D eigenvalue weighted by Crippen LogP contribution is -2.12. The van der Waals surface area contributed by atoms with Crippen molar-refractivity contribution in [1.29, 1.82) is 0 Å². The molecule has 2 rings (SSSR count). The highest BCUT2D eigenvalue weighted by molar-refractivity contribution is 5.35. The van der Waals surface area contributed by atoms with E-state index in [1.54, 1.807) is 10.7 Å². The lowest BCUT2D eigenvalue weighted by atomic mass is 10.2. The first kappa shape index (κ1) is 8.12. The first-order valence-corrected chi connectivity index (χ1v) is 4.19. The average Bonchev–Trinajstić information content (AvgIpc) is 2.60. The number of nitrogens with zero attached hydrogens (tertiary/aromatic N) is 4. The lowest BCUT2D eigenvalue weighted by molar-refractivity contribution is 0.675. The van der Waals surface area contributed by atoms with E-state index in [4.69, 9.17) is 5.73 Å². The zero-order valence-electron chi connectivity index (χ0n) is 7.38. The van der Waals surface area contributed by atoms with Gasteiger partial charge in [0, 0.05) is 18.7 Å². The van der Waals surface area contributed by atoms with E-state index in [1.807, 2.05) is 19.1 Å². The Morgan fingerprint density at radius 2 is 2.38 bits per heavy atom. The van der Waals surface area contributed by atoms with Crippen LogP contribution in [0.25, 0.3) is 5.65 Å². The van der Waals surface area contributed by atoms with Crippen LogP contribution in [-0.2, 0) is 0 Å². The molecule has 2 aromatic heterocycles. The predicted molar refractivity (Wildman–Crippen MR) is 48.3 cm³/mol. The van der Waals surface area contributed by atoms with Gasteiger partial charge in [-0.25, -0.2) is 0 Å². The Bertz CT molecular complexity index is 408. The quantitative estimate of drug-likeness (QED) is 0.710. The van der Waals surface area contributed by atoms with Crippen LogP contribution >= 0.6 is 0 Å². The molecule has 5 heteroatoms. The minimum absolute atomic E-state index is 0.185. The Morgan fingerprint density at radius 3 is 3.15 bits per heavy atom. The Balaban J connectivity index is 2.57. The van der Waals surface area contributed by atoms with Gasteiger partial charge < -0.3 is 5.73 Å². The molecule has 13 heavy (non-hydrogen) atoms. The standard InChI is InChI=1S/C8H11N5/c1-6(5-9)8-12-11-7-3-2-4-10-13(7)8/h2-4,6H,5,9H2,1H3. The van der Waals surface area contributed by atoms with Crippen molar-refractivity contribution in [3.8, 4) is 0 Å². The molecule has 0 aliphatic rings. The molecule has 0 saturated heterocycles. The first-order valence-electron chi connectivity index (χ1n) is 4.19. The van der Waals surface area contributed by atoms with Crippen molar-refractivity contribution >= 4 is 5.65 Å². The van der Waals surface area contributed by atoms with E-state index in [2.05, 4.69) is 15.3 Å². The number of fused-ring (bicyclic) bond motifs is 1. The van der Waals surface area contributed by atoms with E-state index in [0.29, 0.717) is 6.54 Å². The molecular weight excluding hydrogens is 166 g/mol. The minimum atomic E-state index is 0.185. The molecule has 2 N–H and O–H groups in total. The molecule has 2 heterocycles. The second kappa shape index (κ2) is 3.10. The summed E-state index contributed by atoms with van der Waals surface area (Å²) >= 11 is 0. The van der Waals surface area contributed by atoms with Gasteiger partial charge in [-0.15, -0.1) is 10.2 Å². The van der Waals surface area contributed by atoms with E-state index in [9.17, 15) is 0 Å². The van der Waals surface area contributed by atoms with Gasteiger partial charge in [-0.3, -0.25) is 0 Å². The number of rotatable bonds is 2. The van der Waals surface area contributed by atoms with Gasteiger partial charge in [0.05, 0.1) is 0 Å². The first-order chi connectivity index (χ1) is 6.33. The van der Waals surface area contributed by atoms with Crippen LogP contribution in [0.5, 0.6) is 0 Å². The van der Waals surface area contributed by atoms with E-state index < -0.39 is 0 Å². The van der Waals surface area contributed by atoms with Gasteiger partial charge in [-0.2, -0.15) is 9.61 Å². The van der Waals surface area contributed by atoms with Crippen LogP contribution in [0, 0.1) is 0 Å². The number of hydrogen-bond acceptors (Lipinski definition) is 4. The average molecular weight is 177 g/mol. The smallest absolute Gasteiger partial charge is 0.177 e. The Kier molecular flexibility index (Phi) is 1.94. The van der Waals surface area contributed by atoms with Gasteiger partial charge >= 0.3 is 0 Å². The maximum absolute atomic E-state index is 5.55.